The summed E-state index contributed by atoms with van der Waals surface area (Å²) >= 11 is 3.49. The lowest BCUT2D eigenvalue weighted by molar-refractivity contribution is -0.125. The summed E-state index contributed by atoms with van der Waals surface area (Å²) in [6, 6.07) is 3.98. The lowest BCUT2D eigenvalue weighted by Gasteiger charge is -2.27. The zero-order valence-corrected chi connectivity index (χ0v) is 14.8. The number of hydrogen-bond acceptors (Lipinski definition) is 2. The fourth-order valence-electron chi connectivity index (χ4n) is 3.03. The Morgan fingerprint density at radius 1 is 1.33 bits per heavy atom. The molecule has 1 fully saturated rings. The monoisotopic (exact) mass is 351 g/mol. The van der Waals surface area contributed by atoms with Gasteiger partial charge in [0.2, 0.25) is 5.91 Å². The molecule has 1 heterocycles. The van der Waals surface area contributed by atoms with Crippen molar-refractivity contribution in [3.05, 3.63) is 33.3 Å². The number of carbonyl (C=O) groups excluding carboxylic acids is 2. The summed E-state index contributed by atoms with van der Waals surface area (Å²) in [7, 11) is 0. The van der Waals surface area contributed by atoms with Gasteiger partial charge in [0.1, 0.15) is 5.92 Å². The van der Waals surface area contributed by atoms with E-state index in [1.807, 2.05) is 46.8 Å². The Hall–Kier alpha value is -1.16. The zero-order chi connectivity index (χ0) is 15.9. The maximum Gasteiger partial charge on any atom is 0.235 e. The van der Waals surface area contributed by atoms with Crippen LogP contribution in [0.5, 0.6) is 0 Å². The van der Waals surface area contributed by atoms with Crippen LogP contribution in [0.4, 0.5) is 0 Å². The molecule has 1 amide bonds. The van der Waals surface area contributed by atoms with Gasteiger partial charge in [-0.2, -0.15) is 0 Å². The SMILES string of the molecule is CCc1cc(Br)cc(C)c1C1C(=O)NC(C)(C(C)C)C1=O. The molecule has 1 N–H and O–H groups in total. The summed E-state index contributed by atoms with van der Waals surface area (Å²) < 4.78 is 0.984. The summed E-state index contributed by atoms with van der Waals surface area (Å²) in [6.45, 7) is 9.78. The van der Waals surface area contributed by atoms with Crippen molar-refractivity contribution in [3.63, 3.8) is 0 Å². The molecule has 1 aliphatic rings. The number of rotatable bonds is 3. The number of carbonyl (C=O) groups is 2. The Bertz CT molecular complexity index is 609. The molecule has 0 bridgehead atoms. The third-order valence-electron chi connectivity index (χ3n) is 4.68. The molecule has 114 valence electrons. The highest BCUT2D eigenvalue weighted by Crippen LogP contribution is 2.37. The minimum atomic E-state index is -0.772. The molecule has 1 saturated heterocycles. The van der Waals surface area contributed by atoms with E-state index in [0.29, 0.717) is 0 Å². The highest BCUT2D eigenvalue weighted by atomic mass is 79.9. The first kappa shape index (κ1) is 16.2. The predicted molar refractivity (Wildman–Crippen MR) is 87.4 cm³/mol. The van der Waals surface area contributed by atoms with Gasteiger partial charge in [-0.1, -0.05) is 36.7 Å². The molecule has 2 atom stereocenters. The molecule has 1 aromatic rings. The van der Waals surface area contributed by atoms with E-state index < -0.39 is 11.5 Å². The molecule has 0 aromatic heterocycles. The minimum Gasteiger partial charge on any atom is -0.343 e. The maximum atomic E-state index is 12.9. The predicted octanol–water partition coefficient (Wildman–Crippen LogP) is 3.52. The van der Waals surface area contributed by atoms with Gasteiger partial charge in [-0.05, 0) is 55.0 Å². The van der Waals surface area contributed by atoms with Gasteiger partial charge >= 0.3 is 0 Å². The zero-order valence-electron chi connectivity index (χ0n) is 13.2. The summed E-state index contributed by atoms with van der Waals surface area (Å²) in [5.41, 5.74) is 2.16. The Labute approximate surface area is 134 Å². The molecule has 0 saturated carbocycles. The Morgan fingerprint density at radius 2 is 1.95 bits per heavy atom. The molecule has 0 spiro atoms. The van der Waals surface area contributed by atoms with E-state index >= 15 is 0 Å². The van der Waals surface area contributed by atoms with Crippen LogP contribution in [-0.2, 0) is 16.0 Å². The van der Waals surface area contributed by atoms with E-state index in [1.165, 1.54) is 0 Å². The average Bonchev–Trinajstić information content (AvgIpc) is 2.61. The second kappa shape index (κ2) is 5.56. The van der Waals surface area contributed by atoms with Crippen LogP contribution in [0, 0.1) is 12.8 Å². The first-order valence-electron chi connectivity index (χ1n) is 7.37. The summed E-state index contributed by atoms with van der Waals surface area (Å²) in [5, 5.41) is 2.92. The smallest absolute Gasteiger partial charge is 0.235 e. The van der Waals surface area contributed by atoms with Gasteiger partial charge in [-0.15, -0.1) is 0 Å². The number of Topliss-reactive ketones (excluding diaryl/α,β-unsaturated/α-hetero) is 1. The molecule has 21 heavy (non-hydrogen) atoms. The summed E-state index contributed by atoms with van der Waals surface area (Å²) in [4.78, 5) is 25.4. The Kier molecular flexibility index (Phi) is 4.29. The van der Waals surface area contributed by atoms with Crippen LogP contribution in [0.2, 0.25) is 0 Å². The van der Waals surface area contributed by atoms with Crippen LogP contribution in [0.15, 0.2) is 16.6 Å². The first-order valence-corrected chi connectivity index (χ1v) is 8.16. The third-order valence-corrected chi connectivity index (χ3v) is 5.14. The van der Waals surface area contributed by atoms with Crippen LogP contribution in [-0.4, -0.2) is 17.2 Å². The van der Waals surface area contributed by atoms with E-state index in [2.05, 4.69) is 21.2 Å². The van der Waals surface area contributed by atoms with Gasteiger partial charge in [0.15, 0.2) is 5.78 Å². The maximum absolute atomic E-state index is 12.9. The number of amides is 1. The molecule has 1 aromatic carbocycles. The van der Waals surface area contributed by atoms with Gasteiger partial charge in [0, 0.05) is 4.47 Å². The molecule has 3 nitrogen and oxygen atoms in total. The van der Waals surface area contributed by atoms with E-state index in [0.717, 1.165) is 27.6 Å². The summed E-state index contributed by atoms with van der Waals surface area (Å²) in [5.74, 6) is -0.792. The van der Waals surface area contributed by atoms with Crippen molar-refractivity contribution in [2.45, 2.75) is 52.5 Å². The lowest BCUT2D eigenvalue weighted by Crippen LogP contribution is -2.48. The van der Waals surface area contributed by atoms with Crippen LogP contribution in [0.1, 0.15) is 50.3 Å². The molecule has 2 unspecified atom stereocenters. The van der Waals surface area contributed by atoms with Crippen molar-refractivity contribution >= 4 is 27.6 Å². The van der Waals surface area contributed by atoms with Crippen molar-refractivity contribution < 1.29 is 9.59 Å². The van der Waals surface area contributed by atoms with Gasteiger partial charge < -0.3 is 5.32 Å². The normalized spacial score (nSPS) is 25.6. The third kappa shape index (κ3) is 2.54. The molecular formula is C17H22BrNO2. The Morgan fingerprint density at radius 3 is 2.43 bits per heavy atom. The summed E-state index contributed by atoms with van der Waals surface area (Å²) in [6.07, 6.45) is 0.797. The average molecular weight is 352 g/mol. The number of halogens is 1. The van der Waals surface area contributed by atoms with E-state index in [4.69, 9.17) is 0 Å². The largest absolute Gasteiger partial charge is 0.343 e. The number of hydrogen-bond donors (Lipinski definition) is 1. The Balaban J connectivity index is 2.58. The standard InChI is InChI=1S/C17H22BrNO2/c1-6-11-8-12(18)7-10(4)13(11)14-15(20)17(5,9(2)3)19-16(14)21/h7-9,14H,6H2,1-5H3,(H,19,21). The van der Waals surface area contributed by atoms with Gasteiger partial charge in [-0.25, -0.2) is 0 Å². The first-order chi connectivity index (χ1) is 9.72. The van der Waals surface area contributed by atoms with Crippen LogP contribution >= 0.6 is 15.9 Å². The van der Waals surface area contributed by atoms with Gasteiger partial charge in [0.25, 0.3) is 0 Å². The highest BCUT2D eigenvalue weighted by molar-refractivity contribution is 9.10. The second-order valence-electron chi connectivity index (χ2n) is 6.29. The van der Waals surface area contributed by atoms with E-state index in [1.54, 1.807) is 0 Å². The number of nitrogens with one attached hydrogen (secondary N) is 1. The van der Waals surface area contributed by atoms with Gasteiger partial charge in [0.05, 0.1) is 5.54 Å². The molecule has 1 aliphatic heterocycles. The van der Waals surface area contributed by atoms with E-state index in [9.17, 15) is 9.59 Å². The van der Waals surface area contributed by atoms with Crippen molar-refractivity contribution in [1.29, 1.82) is 0 Å². The second-order valence-corrected chi connectivity index (χ2v) is 7.21. The van der Waals surface area contributed by atoms with Crippen molar-refractivity contribution in [2.75, 3.05) is 0 Å². The fourth-order valence-corrected chi connectivity index (χ4v) is 3.65. The highest BCUT2D eigenvalue weighted by Gasteiger charge is 2.52. The molecule has 4 heteroatoms. The van der Waals surface area contributed by atoms with Crippen LogP contribution in [0.3, 0.4) is 0 Å². The van der Waals surface area contributed by atoms with Crippen LogP contribution < -0.4 is 5.32 Å². The van der Waals surface area contributed by atoms with Gasteiger partial charge in [-0.3, -0.25) is 9.59 Å². The topological polar surface area (TPSA) is 46.2 Å². The quantitative estimate of drug-likeness (QED) is 0.846. The molecular weight excluding hydrogens is 330 g/mol. The van der Waals surface area contributed by atoms with E-state index in [-0.39, 0.29) is 17.6 Å². The molecule has 0 radical (unpaired) electrons. The lowest BCUT2D eigenvalue weighted by atomic mass is 9.79. The van der Waals surface area contributed by atoms with Crippen molar-refractivity contribution in [1.82, 2.24) is 5.32 Å². The molecule has 0 aliphatic carbocycles. The number of aryl methyl sites for hydroxylation is 2. The van der Waals surface area contributed by atoms with Crippen molar-refractivity contribution in [3.8, 4) is 0 Å². The minimum absolute atomic E-state index is 0.0115. The molecule has 2 rings (SSSR count). The fraction of sp³-hybridized carbons (Fsp3) is 0.529. The number of benzene rings is 1. The van der Waals surface area contributed by atoms with Crippen LogP contribution in [0.25, 0.3) is 0 Å². The van der Waals surface area contributed by atoms with Crippen molar-refractivity contribution in [2.24, 2.45) is 5.92 Å². The number of ketones is 1.